The number of hydrogen-bond acceptors (Lipinski definition) is 5. The smallest absolute Gasteiger partial charge is 0.221 e. The van der Waals surface area contributed by atoms with Crippen molar-refractivity contribution in [2.45, 2.75) is 12.8 Å². The van der Waals surface area contributed by atoms with Gasteiger partial charge in [0.1, 0.15) is 11.5 Å². The molecule has 108 valence electrons. The summed E-state index contributed by atoms with van der Waals surface area (Å²) in [6.07, 6.45) is 1.58. The number of rotatable bonds is 4. The van der Waals surface area contributed by atoms with Crippen molar-refractivity contribution in [3.63, 3.8) is 0 Å². The minimum absolute atomic E-state index is 0.0918. The van der Waals surface area contributed by atoms with Crippen molar-refractivity contribution >= 4 is 11.7 Å². The molecule has 0 aliphatic carbocycles. The summed E-state index contributed by atoms with van der Waals surface area (Å²) in [6.45, 7) is 1.33. The third-order valence-electron chi connectivity index (χ3n) is 3.56. The van der Waals surface area contributed by atoms with E-state index in [9.17, 15) is 19.8 Å². The van der Waals surface area contributed by atoms with Gasteiger partial charge in [-0.25, -0.2) is 0 Å². The summed E-state index contributed by atoms with van der Waals surface area (Å²) in [5.41, 5.74) is 5.46. The minimum atomic E-state index is -0.338. The summed E-state index contributed by atoms with van der Waals surface area (Å²) in [5, 5.41) is 18.9. The van der Waals surface area contributed by atoms with Crippen molar-refractivity contribution < 1.29 is 19.8 Å². The highest BCUT2D eigenvalue weighted by molar-refractivity contribution is 6.00. The van der Waals surface area contributed by atoms with Crippen LogP contribution >= 0.6 is 0 Å². The van der Waals surface area contributed by atoms with Crippen LogP contribution in [0.1, 0.15) is 23.2 Å². The summed E-state index contributed by atoms with van der Waals surface area (Å²) in [7, 11) is 0. The third-order valence-corrected chi connectivity index (χ3v) is 3.56. The number of benzene rings is 1. The van der Waals surface area contributed by atoms with E-state index in [4.69, 9.17) is 5.73 Å². The highest BCUT2D eigenvalue weighted by Gasteiger charge is 2.25. The molecule has 1 aromatic rings. The number of amides is 1. The fourth-order valence-corrected chi connectivity index (χ4v) is 2.48. The molecule has 6 heteroatoms. The second kappa shape index (κ2) is 5.92. The van der Waals surface area contributed by atoms with E-state index in [2.05, 4.69) is 0 Å². The van der Waals surface area contributed by atoms with Crippen molar-refractivity contribution in [1.29, 1.82) is 0 Å². The number of carbonyl (C=O) groups is 2. The molecule has 0 spiro atoms. The van der Waals surface area contributed by atoms with Crippen LogP contribution in [0.15, 0.2) is 18.2 Å². The molecule has 0 saturated carbocycles. The Balaban J connectivity index is 2.02. The van der Waals surface area contributed by atoms with Crippen LogP contribution in [0.4, 0.5) is 0 Å². The Morgan fingerprint density at radius 2 is 2.10 bits per heavy atom. The maximum Gasteiger partial charge on any atom is 0.221 e. The van der Waals surface area contributed by atoms with Crippen molar-refractivity contribution in [1.82, 2.24) is 4.90 Å². The van der Waals surface area contributed by atoms with E-state index in [1.807, 2.05) is 4.90 Å². The van der Waals surface area contributed by atoms with Gasteiger partial charge in [-0.1, -0.05) is 0 Å². The van der Waals surface area contributed by atoms with Crippen LogP contribution in [0.25, 0.3) is 0 Å². The van der Waals surface area contributed by atoms with Crippen LogP contribution < -0.4 is 5.73 Å². The molecule has 1 atom stereocenters. The predicted octanol–water partition coefficient (Wildman–Crippen LogP) is 0.478. The topological polar surface area (TPSA) is 104 Å². The lowest BCUT2D eigenvalue weighted by Crippen LogP contribution is -2.43. The maximum absolute atomic E-state index is 12.1. The number of ketones is 1. The van der Waals surface area contributed by atoms with Gasteiger partial charge in [0.15, 0.2) is 5.78 Å². The maximum atomic E-state index is 12.1. The first-order valence-corrected chi connectivity index (χ1v) is 6.54. The molecule has 1 fully saturated rings. The Kier molecular flexibility index (Phi) is 4.24. The van der Waals surface area contributed by atoms with Crippen LogP contribution in [0.3, 0.4) is 0 Å². The van der Waals surface area contributed by atoms with E-state index in [0.29, 0.717) is 6.54 Å². The molecule has 0 radical (unpaired) electrons. The lowest BCUT2D eigenvalue weighted by Gasteiger charge is -2.30. The number of phenols is 2. The summed E-state index contributed by atoms with van der Waals surface area (Å²) in [5.74, 6) is -1.13. The fraction of sp³-hybridized carbons (Fsp3) is 0.429. The van der Waals surface area contributed by atoms with Crippen molar-refractivity contribution in [2.24, 2.45) is 11.7 Å². The van der Waals surface area contributed by atoms with Gasteiger partial charge in [0, 0.05) is 12.6 Å². The minimum Gasteiger partial charge on any atom is -0.508 e. The van der Waals surface area contributed by atoms with Gasteiger partial charge in [-0.05, 0) is 31.5 Å². The van der Waals surface area contributed by atoms with Crippen LogP contribution in [-0.2, 0) is 4.79 Å². The first-order chi connectivity index (χ1) is 9.47. The van der Waals surface area contributed by atoms with Crippen molar-refractivity contribution in [3.8, 4) is 11.5 Å². The third kappa shape index (κ3) is 3.27. The molecule has 1 unspecified atom stereocenters. The quantitative estimate of drug-likeness (QED) is 0.695. The molecule has 6 nitrogen and oxygen atoms in total. The van der Waals surface area contributed by atoms with Crippen LogP contribution in [-0.4, -0.2) is 46.4 Å². The number of primary amides is 1. The Labute approximate surface area is 116 Å². The normalized spacial score (nSPS) is 19.7. The Bertz CT molecular complexity index is 530. The largest absolute Gasteiger partial charge is 0.508 e. The number of phenolic OH excluding ortho intramolecular Hbond substituents is 2. The summed E-state index contributed by atoms with van der Waals surface area (Å²) in [6, 6.07) is 3.88. The van der Waals surface area contributed by atoms with E-state index in [1.165, 1.54) is 12.1 Å². The van der Waals surface area contributed by atoms with Gasteiger partial charge in [0.2, 0.25) is 5.91 Å². The van der Waals surface area contributed by atoms with Crippen molar-refractivity contribution in [3.05, 3.63) is 23.8 Å². The zero-order chi connectivity index (χ0) is 14.7. The Morgan fingerprint density at radius 3 is 2.75 bits per heavy atom. The number of nitrogens with zero attached hydrogens (tertiary/aromatic N) is 1. The molecule has 1 aliphatic rings. The van der Waals surface area contributed by atoms with Gasteiger partial charge in [-0.15, -0.1) is 0 Å². The standard InChI is InChI=1S/C14H18N2O4/c15-14(20)9-2-1-5-16(7-9)8-13(19)11-4-3-10(17)6-12(11)18/h3-4,6,9,17-18H,1-2,5,7-8H2,(H2,15,20). The van der Waals surface area contributed by atoms with E-state index in [1.54, 1.807) is 0 Å². The summed E-state index contributed by atoms with van der Waals surface area (Å²) < 4.78 is 0. The fourth-order valence-electron chi connectivity index (χ4n) is 2.48. The first kappa shape index (κ1) is 14.3. The number of Topliss-reactive ketones (excluding diaryl/α,β-unsaturated/α-hetero) is 1. The molecular weight excluding hydrogens is 260 g/mol. The van der Waals surface area contributed by atoms with Gasteiger partial charge in [0.25, 0.3) is 0 Å². The summed E-state index contributed by atoms with van der Waals surface area (Å²) in [4.78, 5) is 25.2. The first-order valence-electron chi connectivity index (χ1n) is 6.54. The Morgan fingerprint density at radius 1 is 1.35 bits per heavy atom. The van der Waals surface area contributed by atoms with Crippen LogP contribution in [0.2, 0.25) is 0 Å². The number of hydrogen-bond donors (Lipinski definition) is 3. The number of aromatic hydroxyl groups is 2. The molecule has 4 N–H and O–H groups in total. The van der Waals surface area contributed by atoms with Crippen LogP contribution in [0, 0.1) is 5.92 Å². The highest BCUT2D eigenvalue weighted by atomic mass is 16.3. The molecule has 1 heterocycles. The SMILES string of the molecule is NC(=O)C1CCCN(CC(=O)c2ccc(O)cc2O)C1. The van der Waals surface area contributed by atoms with Gasteiger partial charge in [0.05, 0.1) is 18.0 Å². The molecule has 1 saturated heterocycles. The van der Waals surface area contributed by atoms with Crippen LogP contribution in [0.5, 0.6) is 11.5 Å². The predicted molar refractivity (Wildman–Crippen MR) is 72.5 cm³/mol. The molecule has 0 aromatic heterocycles. The van der Waals surface area contributed by atoms with Gasteiger partial charge in [-0.3, -0.25) is 14.5 Å². The second-order valence-electron chi connectivity index (χ2n) is 5.10. The van der Waals surface area contributed by atoms with Crippen molar-refractivity contribution in [2.75, 3.05) is 19.6 Å². The lowest BCUT2D eigenvalue weighted by molar-refractivity contribution is -0.123. The average molecular weight is 278 g/mol. The average Bonchev–Trinajstić information content (AvgIpc) is 2.38. The molecule has 20 heavy (non-hydrogen) atoms. The van der Waals surface area contributed by atoms with E-state index >= 15 is 0 Å². The molecule has 1 amide bonds. The number of carbonyl (C=O) groups excluding carboxylic acids is 2. The Hall–Kier alpha value is -2.08. The number of piperidine rings is 1. The zero-order valence-corrected chi connectivity index (χ0v) is 11.1. The van der Waals surface area contributed by atoms with E-state index in [0.717, 1.165) is 25.5 Å². The van der Waals surface area contributed by atoms with E-state index in [-0.39, 0.29) is 41.2 Å². The number of nitrogens with two attached hydrogens (primary N) is 1. The highest BCUT2D eigenvalue weighted by Crippen LogP contribution is 2.24. The van der Waals surface area contributed by atoms with Gasteiger partial charge in [-0.2, -0.15) is 0 Å². The number of likely N-dealkylation sites (tertiary alicyclic amines) is 1. The second-order valence-corrected chi connectivity index (χ2v) is 5.10. The monoisotopic (exact) mass is 278 g/mol. The molecule has 1 aromatic carbocycles. The molecule has 0 bridgehead atoms. The van der Waals surface area contributed by atoms with Gasteiger partial charge < -0.3 is 15.9 Å². The molecule has 1 aliphatic heterocycles. The summed E-state index contributed by atoms with van der Waals surface area (Å²) >= 11 is 0. The lowest BCUT2D eigenvalue weighted by atomic mass is 9.97. The zero-order valence-electron chi connectivity index (χ0n) is 11.1. The molecular formula is C14H18N2O4. The van der Waals surface area contributed by atoms with E-state index < -0.39 is 0 Å². The van der Waals surface area contributed by atoms with Gasteiger partial charge >= 0.3 is 0 Å². The molecule has 2 rings (SSSR count).